The molecule has 0 aliphatic carbocycles. The molecule has 0 saturated carbocycles. The van der Waals surface area contributed by atoms with Crippen LogP contribution in [0.3, 0.4) is 0 Å². The van der Waals surface area contributed by atoms with Gasteiger partial charge in [-0.15, -0.1) is 0 Å². The molecule has 0 heterocycles. The largest absolute Gasteiger partial charge is 0.416 e. The standard InChI is InChI=1S/C11H11F3O/c1-7(8(2)15)9-3-5-10(6-4-9)11(12,13)14/h3-6,8,15H,1H2,2H3/t8-/m1/s1. The van der Waals surface area contributed by atoms with Gasteiger partial charge >= 0.3 is 6.18 Å². The molecule has 0 radical (unpaired) electrons. The molecule has 1 aromatic rings. The van der Waals surface area contributed by atoms with Crippen molar-refractivity contribution in [2.75, 3.05) is 0 Å². The third-order valence-corrected chi connectivity index (χ3v) is 2.09. The van der Waals surface area contributed by atoms with Gasteiger partial charge in [0.25, 0.3) is 0 Å². The zero-order valence-corrected chi connectivity index (χ0v) is 8.17. The van der Waals surface area contributed by atoms with E-state index in [4.69, 9.17) is 0 Å². The van der Waals surface area contributed by atoms with Gasteiger partial charge in [0.15, 0.2) is 0 Å². The fraction of sp³-hybridized carbons (Fsp3) is 0.273. The fourth-order valence-electron chi connectivity index (χ4n) is 1.11. The predicted octanol–water partition coefficient (Wildman–Crippen LogP) is 3.10. The summed E-state index contributed by atoms with van der Waals surface area (Å²) in [5, 5.41) is 9.18. The SMILES string of the molecule is C=C(c1ccc(C(F)(F)F)cc1)[C@@H](C)O. The summed E-state index contributed by atoms with van der Waals surface area (Å²) < 4.78 is 36.6. The number of alkyl halides is 3. The van der Waals surface area contributed by atoms with Gasteiger partial charge < -0.3 is 5.11 Å². The first-order chi connectivity index (χ1) is 6.82. The lowest BCUT2D eigenvalue weighted by molar-refractivity contribution is -0.137. The molecule has 1 aromatic carbocycles. The highest BCUT2D eigenvalue weighted by Gasteiger charge is 2.30. The van der Waals surface area contributed by atoms with Crippen molar-refractivity contribution in [3.8, 4) is 0 Å². The van der Waals surface area contributed by atoms with Crippen LogP contribution in [0.5, 0.6) is 0 Å². The first-order valence-electron chi connectivity index (χ1n) is 4.37. The Bertz CT molecular complexity index is 349. The summed E-state index contributed by atoms with van der Waals surface area (Å²) in [7, 11) is 0. The van der Waals surface area contributed by atoms with E-state index in [0.29, 0.717) is 11.1 Å². The van der Waals surface area contributed by atoms with Crippen LogP contribution in [0.2, 0.25) is 0 Å². The minimum atomic E-state index is -4.33. The second-order valence-corrected chi connectivity index (χ2v) is 3.28. The molecule has 15 heavy (non-hydrogen) atoms. The second-order valence-electron chi connectivity index (χ2n) is 3.28. The lowest BCUT2D eigenvalue weighted by atomic mass is 10.0. The van der Waals surface area contributed by atoms with E-state index in [2.05, 4.69) is 6.58 Å². The normalized spacial score (nSPS) is 13.7. The summed E-state index contributed by atoms with van der Waals surface area (Å²) in [4.78, 5) is 0. The number of rotatable bonds is 2. The van der Waals surface area contributed by atoms with Gasteiger partial charge in [-0.3, -0.25) is 0 Å². The molecule has 0 unspecified atom stereocenters. The molecular weight excluding hydrogens is 205 g/mol. The zero-order valence-electron chi connectivity index (χ0n) is 8.17. The minimum Gasteiger partial charge on any atom is -0.389 e. The summed E-state index contributed by atoms with van der Waals surface area (Å²) in [6.07, 6.45) is -5.09. The molecule has 0 spiro atoms. The summed E-state index contributed by atoms with van der Waals surface area (Å²) in [5.41, 5.74) is 0.214. The lowest BCUT2D eigenvalue weighted by Crippen LogP contribution is -2.06. The van der Waals surface area contributed by atoms with Crippen molar-refractivity contribution in [1.29, 1.82) is 0 Å². The van der Waals surface area contributed by atoms with Crippen LogP contribution in [0.1, 0.15) is 18.1 Å². The zero-order chi connectivity index (χ0) is 11.6. The Hall–Kier alpha value is -1.29. The topological polar surface area (TPSA) is 20.2 Å². The summed E-state index contributed by atoms with van der Waals surface area (Å²) >= 11 is 0. The quantitative estimate of drug-likeness (QED) is 0.805. The van der Waals surface area contributed by atoms with E-state index in [1.54, 1.807) is 0 Å². The Morgan fingerprint density at radius 1 is 1.27 bits per heavy atom. The maximum absolute atomic E-state index is 12.2. The van der Waals surface area contributed by atoms with Gasteiger partial charge in [-0.1, -0.05) is 18.7 Å². The van der Waals surface area contributed by atoms with Crippen LogP contribution in [0, 0.1) is 0 Å². The molecule has 0 saturated heterocycles. The number of benzene rings is 1. The van der Waals surface area contributed by atoms with Crippen molar-refractivity contribution >= 4 is 5.57 Å². The first-order valence-corrected chi connectivity index (χ1v) is 4.37. The maximum Gasteiger partial charge on any atom is 0.416 e. The van der Waals surface area contributed by atoms with Gasteiger partial charge in [-0.25, -0.2) is 0 Å². The van der Waals surface area contributed by atoms with Gasteiger partial charge in [-0.2, -0.15) is 13.2 Å². The van der Waals surface area contributed by atoms with Crippen molar-refractivity contribution in [3.63, 3.8) is 0 Å². The van der Waals surface area contributed by atoms with Crippen molar-refractivity contribution in [1.82, 2.24) is 0 Å². The Labute approximate surface area is 85.9 Å². The van der Waals surface area contributed by atoms with Crippen LogP contribution in [-0.2, 0) is 6.18 Å². The van der Waals surface area contributed by atoms with Crippen molar-refractivity contribution < 1.29 is 18.3 Å². The Morgan fingerprint density at radius 2 is 1.73 bits per heavy atom. The minimum absolute atomic E-state index is 0.406. The van der Waals surface area contributed by atoms with Crippen LogP contribution in [-0.4, -0.2) is 11.2 Å². The average Bonchev–Trinajstić information content (AvgIpc) is 2.15. The van der Waals surface area contributed by atoms with E-state index in [0.717, 1.165) is 12.1 Å². The van der Waals surface area contributed by atoms with E-state index in [9.17, 15) is 18.3 Å². The molecule has 1 N–H and O–H groups in total. The Balaban J connectivity index is 2.96. The average molecular weight is 216 g/mol. The number of hydrogen-bond donors (Lipinski definition) is 1. The first kappa shape index (κ1) is 11.8. The van der Waals surface area contributed by atoms with Crippen LogP contribution >= 0.6 is 0 Å². The molecule has 1 atom stereocenters. The molecule has 0 aromatic heterocycles. The fourth-order valence-corrected chi connectivity index (χ4v) is 1.11. The van der Waals surface area contributed by atoms with Crippen LogP contribution < -0.4 is 0 Å². The van der Waals surface area contributed by atoms with E-state index in [1.165, 1.54) is 19.1 Å². The monoisotopic (exact) mass is 216 g/mol. The highest BCUT2D eigenvalue weighted by Crippen LogP contribution is 2.30. The lowest BCUT2D eigenvalue weighted by Gasteiger charge is -2.10. The Kier molecular flexibility index (Phi) is 3.19. The maximum atomic E-state index is 12.2. The van der Waals surface area contributed by atoms with Gasteiger partial charge in [0.05, 0.1) is 11.7 Å². The van der Waals surface area contributed by atoms with E-state index < -0.39 is 17.8 Å². The van der Waals surface area contributed by atoms with Crippen molar-refractivity contribution in [2.45, 2.75) is 19.2 Å². The molecule has 0 amide bonds. The second kappa shape index (κ2) is 4.06. The number of halogens is 3. The van der Waals surface area contributed by atoms with Crippen molar-refractivity contribution in [2.24, 2.45) is 0 Å². The van der Waals surface area contributed by atoms with Gasteiger partial charge in [0.1, 0.15) is 0 Å². The summed E-state index contributed by atoms with van der Waals surface area (Å²) in [6.45, 7) is 5.10. The highest BCUT2D eigenvalue weighted by molar-refractivity contribution is 5.66. The van der Waals surface area contributed by atoms with Crippen LogP contribution in [0.4, 0.5) is 13.2 Å². The van der Waals surface area contributed by atoms with Gasteiger partial charge in [0, 0.05) is 0 Å². The predicted molar refractivity (Wildman–Crippen MR) is 52.2 cm³/mol. The van der Waals surface area contributed by atoms with E-state index >= 15 is 0 Å². The molecule has 1 rings (SSSR count). The van der Waals surface area contributed by atoms with Gasteiger partial charge in [-0.05, 0) is 30.2 Å². The molecular formula is C11H11F3O. The van der Waals surface area contributed by atoms with E-state index in [-0.39, 0.29) is 0 Å². The van der Waals surface area contributed by atoms with Gasteiger partial charge in [0.2, 0.25) is 0 Å². The molecule has 0 fully saturated rings. The molecule has 0 aliphatic heterocycles. The molecule has 1 nitrogen and oxygen atoms in total. The smallest absolute Gasteiger partial charge is 0.389 e. The van der Waals surface area contributed by atoms with Crippen LogP contribution in [0.25, 0.3) is 5.57 Å². The molecule has 82 valence electrons. The molecule has 4 heteroatoms. The summed E-state index contributed by atoms with van der Waals surface area (Å²) in [6, 6.07) is 4.56. The molecule has 0 aliphatic rings. The number of hydrogen-bond acceptors (Lipinski definition) is 1. The third kappa shape index (κ3) is 2.83. The van der Waals surface area contributed by atoms with Crippen molar-refractivity contribution in [3.05, 3.63) is 42.0 Å². The van der Waals surface area contributed by atoms with Crippen LogP contribution in [0.15, 0.2) is 30.8 Å². The number of aliphatic hydroxyl groups excluding tert-OH is 1. The summed E-state index contributed by atoms with van der Waals surface area (Å²) in [5.74, 6) is 0. The Morgan fingerprint density at radius 3 is 2.07 bits per heavy atom. The van der Waals surface area contributed by atoms with E-state index in [1.807, 2.05) is 0 Å². The third-order valence-electron chi connectivity index (χ3n) is 2.09. The molecule has 0 bridgehead atoms. The number of aliphatic hydroxyl groups is 1. The highest BCUT2D eigenvalue weighted by atomic mass is 19.4.